The molecule has 22 heavy (non-hydrogen) atoms. The van der Waals surface area contributed by atoms with E-state index in [1.807, 2.05) is 36.4 Å². The van der Waals surface area contributed by atoms with Gasteiger partial charge in [-0.25, -0.2) is 0 Å². The summed E-state index contributed by atoms with van der Waals surface area (Å²) in [5.74, 6) is 0.914. The van der Waals surface area contributed by atoms with Crippen LogP contribution in [0.25, 0.3) is 0 Å². The second-order valence-electron chi connectivity index (χ2n) is 6.00. The molecule has 3 rings (SSSR count). The van der Waals surface area contributed by atoms with Crippen molar-refractivity contribution in [3.05, 3.63) is 53.6 Å². The van der Waals surface area contributed by atoms with Crippen molar-refractivity contribution in [2.45, 2.75) is 19.8 Å². The molecule has 2 aromatic carbocycles. The largest absolute Gasteiger partial charge is 0.497 e. The van der Waals surface area contributed by atoms with Crippen molar-refractivity contribution < 1.29 is 19.4 Å². The summed E-state index contributed by atoms with van der Waals surface area (Å²) in [5.41, 5.74) is 0.808. The summed E-state index contributed by atoms with van der Waals surface area (Å²) in [5, 5.41) is 9.68. The van der Waals surface area contributed by atoms with Crippen LogP contribution < -0.4 is 9.47 Å². The van der Waals surface area contributed by atoms with Gasteiger partial charge in [0.05, 0.1) is 12.5 Å². The van der Waals surface area contributed by atoms with E-state index < -0.39 is 11.4 Å². The maximum Gasteiger partial charge on any atom is 0.310 e. The quantitative estimate of drug-likeness (QED) is 0.929. The molecule has 1 aliphatic rings. The fourth-order valence-electron chi connectivity index (χ4n) is 2.97. The van der Waals surface area contributed by atoms with E-state index >= 15 is 0 Å². The molecule has 2 aromatic rings. The van der Waals surface area contributed by atoms with Crippen LogP contribution in [0, 0.1) is 5.41 Å². The molecule has 0 amide bonds. The minimum atomic E-state index is -0.955. The van der Waals surface area contributed by atoms with Crippen LogP contribution in [0.2, 0.25) is 0 Å². The first-order chi connectivity index (χ1) is 10.4. The number of ether oxygens (including phenoxy) is 2. The molecule has 1 N–H and O–H groups in total. The van der Waals surface area contributed by atoms with Crippen LogP contribution in [0.4, 0.5) is 0 Å². The zero-order valence-electron chi connectivity index (χ0n) is 12.8. The molecule has 0 unspecified atom stereocenters. The highest BCUT2D eigenvalue weighted by atomic mass is 16.5. The van der Waals surface area contributed by atoms with Gasteiger partial charge in [-0.15, -0.1) is 0 Å². The van der Waals surface area contributed by atoms with Gasteiger partial charge >= 0.3 is 5.97 Å². The zero-order valence-corrected chi connectivity index (χ0v) is 12.8. The van der Waals surface area contributed by atoms with Gasteiger partial charge in [-0.05, 0) is 26.0 Å². The van der Waals surface area contributed by atoms with E-state index in [1.165, 1.54) is 0 Å². The number of carboxylic acid groups (broad SMARTS) is 1. The fraction of sp³-hybridized carbons (Fsp3) is 0.278. The Bertz CT molecular complexity index is 734. The zero-order chi connectivity index (χ0) is 15.9. The number of carbonyl (C=O) groups is 1. The standard InChI is InChI=1S/C18H18O4/c1-18(2,17(19)20)16-12-6-4-5-7-14(12)22-15-10-11(21-3)8-9-13(15)16/h4-10,16H,1-3H3,(H,19,20)/t16-/m1/s1. The van der Waals surface area contributed by atoms with E-state index in [0.29, 0.717) is 17.2 Å². The summed E-state index contributed by atoms with van der Waals surface area (Å²) in [6.07, 6.45) is 0. The van der Waals surface area contributed by atoms with Gasteiger partial charge in [0.2, 0.25) is 0 Å². The van der Waals surface area contributed by atoms with E-state index in [0.717, 1.165) is 11.1 Å². The van der Waals surface area contributed by atoms with Gasteiger partial charge in [-0.3, -0.25) is 4.79 Å². The highest BCUT2D eigenvalue weighted by Gasteiger charge is 2.43. The van der Waals surface area contributed by atoms with Gasteiger partial charge in [-0.1, -0.05) is 24.3 Å². The van der Waals surface area contributed by atoms with Crippen molar-refractivity contribution in [1.82, 2.24) is 0 Å². The van der Waals surface area contributed by atoms with Gasteiger partial charge in [0.25, 0.3) is 0 Å². The highest BCUT2D eigenvalue weighted by molar-refractivity contribution is 5.77. The maximum atomic E-state index is 11.8. The van der Waals surface area contributed by atoms with Crippen LogP contribution in [0.1, 0.15) is 30.9 Å². The molecule has 0 saturated carbocycles. The van der Waals surface area contributed by atoms with E-state index in [-0.39, 0.29) is 5.92 Å². The lowest BCUT2D eigenvalue weighted by molar-refractivity contribution is -0.147. The average molecular weight is 298 g/mol. The SMILES string of the molecule is COc1ccc2c(c1)Oc1ccccc1[C@H]2C(C)(C)C(=O)O. The van der Waals surface area contributed by atoms with Crippen LogP contribution in [-0.2, 0) is 4.79 Å². The summed E-state index contributed by atoms with van der Waals surface area (Å²) in [6.45, 7) is 3.49. The van der Waals surface area contributed by atoms with E-state index in [2.05, 4.69) is 0 Å². The first-order valence-corrected chi connectivity index (χ1v) is 7.13. The number of fused-ring (bicyclic) bond motifs is 2. The number of hydrogen-bond acceptors (Lipinski definition) is 3. The van der Waals surface area contributed by atoms with Crippen molar-refractivity contribution in [2.75, 3.05) is 7.11 Å². The molecule has 1 aliphatic heterocycles. The molecule has 4 nitrogen and oxygen atoms in total. The summed E-state index contributed by atoms with van der Waals surface area (Å²) in [4.78, 5) is 11.8. The average Bonchev–Trinajstić information content (AvgIpc) is 2.51. The molecule has 0 fully saturated rings. The molecular formula is C18H18O4. The Hall–Kier alpha value is -2.49. The Morgan fingerprint density at radius 1 is 1.14 bits per heavy atom. The number of hydrogen-bond donors (Lipinski definition) is 1. The van der Waals surface area contributed by atoms with Crippen LogP contribution in [-0.4, -0.2) is 18.2 Å². The lowest BCUT2D eigenvalue weighted by Crippen LogP contribution is -2.33. The molecule has 0 saturated heterocycles. The van der Waals surface area contributed by atoms with Crippen molar-refractivity contribution in [2.24, 2.45) is 5.41 Å². The predicted molar refractivity (Wildman–Crippen MR) is 82.8 cm³/mol. The van der Waals surface area contributed by atoms with Crippen LogP contribution in [0.3, 0.4) is 0 Å². The van der Waals surface area contributed by atoms with Crippen molar-refractivity contribution in [1.29, 1.82) is 0 Å². The van der Waals surface area contributed by atoms with Gasteiger partial charge in [0, 0.05) is 23.1 Å². The normalized spacial score (nSPS) is 16.2. The molecule has 1 heterocycles. The Morgan fingerprint density at radius 2 is 1.82 bits per heavy atom. The third-order valence-corrected chi connectivity index (χ3v) is 4.25. The maximum absolute atomic E-state index is 11.8. The van der Waals surface area contributed by atoms with Gasteiger partial charge in [0.15, 0.2) is 0 Å². The van der Waals surface area contributed by atoms with Gasteiger partial charge in [0.1, 0.15) is 17.2 Å². The Labute approximate surface area is 129 Å². The third-order valence-electron chi connectivity index (χ3n) is 4.25. The fourth-order valence-corrected chi connectivity index (χ4v) is 2.97. The van der Waals surface area contributed by atoms with E-state index in [1.54, 1.807) is 27.0 Å². The summed E-state index contributed by atoms with van der Waals surface area (Å²) < 4.78 is 11.2. The van der Waals surface area contributed by atoms with Crippen molar-refractivity contribution in [3.8, 4) is 17.2 Å². The highest BCUT2D eigenvalue weighted by Crippen LogP contribution is 2.52. The summed E-state index contributed by atoms with van der Waals surface area (Å²) in [6, 6.07) is 13.1. The van der Waals surface area contributed by atoms with E-state index in [9.17, 15) is 9.90 Å². The van der Waals surface area contributed by atoms with Crippen molar-refractivity contribution >= 4 is 5.97 Å². The number of benzene rings is 2. The molecule has 0 aliphatic carbocycles. The predicted octanol–water partition coefficient (Wildman–Crippen LogP) is 4.04. The Kier molecular flexibility index (Phi) is 3.32. The molecule has 4 heteroatoms. The molecule has 0 aromatic heterocycles. The van der Waals surface area contributed by atoms with Gasteiger partial charge < -0.3 is 14.6 Å². The molecular weight excluding hydrogens is 280 g/mol. The monoisotopic (exact) mass is 298 g/mol. The summed E-state index contributed by atoms with van der Waals surface area (Å²) >= 11 is 0. The number of methoxy groups -OCH3 is 1. The summed E-state index contributed by atoms with van der Waals surface area (Å²) in [7, 11) is 1.59. The van der Waals surface area contributed by atoms with Crippen molar-refractivity contribution in [3.63, 3.8) is 0 Å². The van der Waals surface area contributed by atoms with Crippen LogP contribution >= 0.6 is 0 Å². The smallest absolute Gasteiger partial charge is 0.310 e. The molecule has 0 radical (unpaired) electrons. The lowest BCUT2D eigenvalue weighted by Gasteiger charge is -2.36. The topological polar surface area (TPSA) is 55.8 Å². The third kappa shape index (κ3) is 2.11. The second kappa shape index (κ2) is 5.05. The van der Waals surface area contributed by atoms with E-state index in [4.69, 9.17) is 9.47 Å². The molecule has 0 spiro atoms. The minimum absolute atomic E-state index is 0.282. The second-order valence-corrected chi connectivity index (χ2v) is 6.00. The van der Waals surface area contributed by atoms with Crippen LogP contribution in [0.5, 0.6) is 17.2 Å². The number of carboxylic acids is 1. The first-order valence-electron chi connectivity index (χ1n) is 7.13. The minimum Gasteiger partial charge on any atom is -0.497 e. The number of para-hydroxylation sites is 1. The Balaban J connectivity index is 2.23. The Morgan fingerprint density at radius 3 is 2.50 bits per heavy atom. The number of rotatable bonds is 3. The van der Waals surface area contributed by atoms with Crippen LogP contribution in [0.15, 0.2) is 42.5 Å². The molecule has 1 atom stereocenters. The first kappa shape index (κ1) is 14.4. The number of aliphatic carboxylic acids is 1. The molecule has 114 valence electrons. The molecule has 0 bridgehead atoms. The van der Waals surface area contributed by atoms with Gasteiger partial charge in [-0.2, -0.15) is 0 Å². The lowest BCUT2D eigenvalue weighted by atomic mass is 9.70.